The molecule has 1 atom stereocenters. The van der Waals surface area contributed by atoms with Gasteiger partial charge in [0.05, 0.1) is 19.5 Å². The number of benzene rings is 1. The molecule has 6 heteroatoms. The van der Waals surface area contributed by atoms with Crippen LogP contribution in [0.25, 0.3) is 11.0 Å². The molecule has 0 saturated carbocycles. The van der Waals surface area contributed by atoms with Crippen molar-refractivity contribution in [1.29, 1.82) is 0 Å². The Bertz CT molecular complexity index is 825. The average molecular weight is 325 g/mol. The smallest absolute Gasteiger partial charge is 0.271 e. The third-order valence-electron chi connectivity index (χ3n) is 4.45. The second-order valence-electron chi connectivity index (χ2n) is 6.12. The molecule has 0 radical (unpaired) electrons. The van der Waals surface area contributed by atoms with Crippen LogP contribution in [0.5, 0.6) is 0 Å². The van der Waals surface area contributed by atoms with Crippen LogP contribution in [0.1, 0.15) is 16.1 Å². The van der Waals surface area contributed by atoms with Gasteiger partial charge >= 0.3 is 0 Å². The number of carbonyl (C=O) groups is 1. The maximum atomic E-state index is 12.6. The second kappa shape index (κ2) is 6.49. The minimum atomic E-state index is -0.0236. The normalized spacial score (nSPS) is 18.7. The molecule has 1 aromatic carbocycles. The molecule has 24 heavy (non-hydrogen) atoms. The number of hydrogen-bond acceptors (Lipinski definition) is 4. The van der Waals surface area contributed by atoms with Gasteiger partial charge in [-0.3, -0.25) is 9.89 Å². The van der Waals surface area contributed by atoms with E-state index in [-0.39, 0.29) is 11.8 Å². The molecule has 1 unspecified atom stereocenters. The van der Waals surface area contributed by atoms with Crippen LogP contribution in [0.15, 0.2) is 47.2 Å². The SMILES string of the molecule is O=C(c1ccn[nH]1)N1CCOCC(Cc2cccc3occc23)C1. The second-order valence-corrected chi connectivity index (χ2v) is 6.12. The summed E-state index contributed by atoms with van der Waals surface area (Å²) in [5, 5.41) is 7.74. The van der Waals surface area contributed by atoms with E-state index in [4.69, 9.17) is 9.15 Å². The first-order chi connectivity index (χ1) is 11.8. The quantitative estimate of drug-likeness (QED) is 0.803. The molecule has 1 amide bonds. The Balaban J connectivity index is 1.52. The minimum Gasteiger partial charge on any atom is -0.464 e. The molecule has 3 heterocycles. The molecule has 4 rings (SSSR count). The van der Waals surface area contributed by atoms with Crippen molar-refractivity contribution in [3.8, 4) is 0 Å². The summed E-state index contributed by atoms with van der Waals surface area (Å²) < 4.78 is 11.2. The lowest BCUT2D eigenvalue weighted by molar-refractivity contribution is 0.0731. The Kier molecular flexibility index (Phi) is 4.04. The number of ether oxygens (including phenoxy) is 1. The number of furan rings is 1. The van der Waals surface area contributed by atoms with E-state index in [1.807, 2.05) is 23.1 Å². The third-order valence-corrected chi connectivity index (χ3v) is 4.45. The van der Waals surface area contributed by atoms with E-state index in [0.717, 1.165) is 17.4 Å². The van der Waals surface area contributed by atoms with Gasteiger partial charge in [-0.1, -0.05) is 12.1 Å². The van der Waals surface area contributed by atoms with Gasteiger partial charge in [0.1, 0.15) is 11.3 Å². The molecule has 3 aromatic rings. The predicted molar refractivity (Wildman–Crippen MR) is 88.7 cm³/mol. The van der Waals surface area contributed by atoms with Crippen molar-refractivity contribution in [2.24, 2.45) is 5.92 Å². The van der Waals surface area contributed by atoms with Crippen molar-refractivity contribution >= 4 is 16.9 Å². The van der Waals surface area contributed by atoms with E-state index in [1.165, 1.54) is 5.56 Å². The Labute approximate surface area is 139 Å². The van der Waals surface area contributed by atoms with Crippen molar-refractivity contribution in [2.45, 2.75) is 6.42 Å². The lowest BCUT2D eigenvalue weighted by atomic mass is 9.97. The zero-order valence-corrected chi connectivity index (χ0v) is 13.3. The summed E-state index contributed by atoms with van der Waals surface area (Å²) >= 11 is 0. The average Bonchev–Trinajstić information content (AvgIpc) is 3.24. The number of aromatic amines is 1. The Morgan fingerprint density at radius 3 is 3.17 bits per heavy atom. The molecule has 0 aliphatic carbocycles. The van der Waals surface area contributed by atoms with Gasteiger partial charge in [-0.25, -0.2) is 0 Å². The fourth-order valence-corrected chi connectivity index (χ4v) is 3.28. The fourth-order valence-electron chi connectivity index (χ4n) is 3.28. The lowest BCUT2D eigenvalue weighted by Gasteiger charge is -2.23. The summed E-state index contributed by atoms with van der Waals surface area (Å²) in [6.07, 6.45) is 4.16. The summed E-state index contributed by atoms with van der Waals surface area (Å²) in [7, 11) is 0. The van der Waals surface area contributed by atoms with Crippen LogP contribution in [0.4, 0.5) is 0 Å². The Morgan fingerprint density at radius 2 is 2.29 bits per heavy atom. The summed E-state index contributed by atoms with van der Waals surface area (Å²) in [5.74, 6) is 0.226. The number of fused-ring (bicyclic) bond motifs is 1. The molecule has 1 fully saturated rings. The van der Waals surface area contributed by atoms with Crippen LogP contribution < -0.4 is 0 Å². The minimum absolute atomic E-state index is 0.0236. The summed E-state index contributed by atoms with van der Waals surface area (Å²) in [6, 6.07) is 9.79. The van der Waals surface area contributed by atoms with E-state index in [0.29, 0.717) is 32.0 Å². The largest absolute Gasteiger partial charge is 0.464 e. The maximum absolute atomic E-state index is 12.6. The topological polar surface area (TPSA) is 71.4 Å². The highest BCUT2D eigenvalue weighted by Crippen LogP contribution is 2.24. The van der Waals surface area contributed by atoms with Crippen molar-refractivity contribution in [2.75, 3.05) is 26.3 Å². The molecule has 124 valence electrons. The van der Waals surface area contributed by atoms with Crippen molar-refractivity contribution < 1.29 is 13.9 Å². The first-order valence-corrected chi connectivity index (χ1v) is 8.13. The van der Waals surface area contributed by atoms with Crippen molar-refractivity contribution in [3.05, 3.63) is 54.0 Å². The molecule has 0 bridgehead atoms. The molecular weight excluding hydrogens is 306 g/mol. The summed E-state index contributed by atoms with van der Waals surface area (Å²) in [5.41, 5.74) is 2.64. The van der Waals surface area contributed by atoms with E-state index < -0.39 is 0 Å². The van der Waals surface area contributed by atoms with Crippen LogP contribution in [-0.2, 0) is 11.2 Å². The van der Waals surface area contributed by atoms with Gasteiger partial charge in [-0.05, 0) is 30.2 Å². The number of carbonyl (C=O) groups excluding carboxylic acids is 1. The standard InChI is InChI=1S/C18H19N3O3/c22-18(16-4-6-19-20-16)21-7-9-23-12-13(11-21)10-14-2-1-3-17-15(14)5-8-24-17/h1-6,8,13H,7,9-12H2,(H,19,20). The molecule has 1 aliphatic heterocycles. The zero-order valence-electron chi connectivity index (χ0n) is 13.3. The zero-order chi connectivity index (χ0) is 16.4. The van der Waals surface area contributed by atoms with Crippen LogP contribution in [0.2, 0.25) is 0 Å². The molecular formula is C18H19N3O3. The Hall–Kier alpha value is -2.60. The molecule has 6 nitrogen and oxygen atoms in total. The predicted octanol–water partition coefficient (Wildman–Crippen LogP) is 2.49. The van der Waals surface area contributed by atoms with Crippen LogP contribution >= 0.6 is 0 Å². The van der Waals surface area contributed by atoms with Crippen LogP contribution in [0, 0.1) is 5.92 Å². The van der Waals surface area contributed by atoms with Gasteiger partial charge in [-0.2, -0.15) is 5.10 Å². The number of H-pyrrole nitrogens is 1. The molecule has 1 N–H and O–H groups in total. The highest BCUT2D eigenvalue weighted by Gasteiger charge is 2.24. The first kappa shape index (κ1) is 15.0. The highest BCUT2D eigenvalue weighted by atomic mass is 16.5. The van der Waals surface area contributed by atoms with Gasteiger partial charge in [0.2, 0.25) is 0 Å². The number of nitrogens with one attached hydrogen (secondary N) is 1. The molecule has 1 aliphatic rings. The molecule has 0 spiro atoms. The van der Waals surface area contributed by atoms with Gasteiger partial charge < -0.3 is 14.1 Å². The monoisotopic (exact) mass is 325 g/mol. The maximum Gasteiger partial charge on any atom is 0.271 e. The van der Waals surface area contributed by atoms with Gasteiger partial charge in [0.25, 0.3) is 5.91 Å². The molecule has 2 aromatic heterocycles. The molecule has 1 saturated heterocycles. The van der Waals surface area contributed by atoms with Crippen LogP contribution in [0.3, 0.4) is 0 Å². The van der Waals surface area contributed by atoms with Gasteiger partial charge in [0, 0.05) is 30.6 Å². The van der Waals surface area contributed by atoms with E-state index in [2.05, 4.69) is 16.3 Å². The number of nitrogens with zero attached hydrogens (tertiary/aromatic N) is 2. The Morgan fingerprint density at radius 1 is 1.33 bits per heavy atom. The number of amides is 1. The number of hydrogen-bond donors (Lipinski definition) is 1. The fraction of sp³-hybridized carbons (Fsp3) is 0.333. The van der Waals surface area contributed by atoms with Gasteiger partial charge in [-0.15, -0.1) is 0 Å². The van der Waals surface area contributed by atoms with E-state index in [1.54, 1.807) is 18.5 Å². The van der Waals surface area contributed by atoms with Gasteiger partial charge in [0.15, 0.2) is 0 Å². The van der Waals surface area contributed by atoms with Crippen LogP contribution in [-0.4, -0.2) is 47.3 Å². The number of rotatable bonds is 3. The van der Waals surface area contributed by atoms with E-state index in [9.17, 15) is 4.79 Å². The lowest BCUT2D eigenvalue weighted by Crippen LogP contribution is -2.36. The highest BCUT2D eigenvalue weighted by molar-refractivity contribution is 5.92. The number of aromatic nitrogens is 2. The first-order valence-electron chi connectivity index (χ1n) is 8.13. The van der Waals surface area contributed by atoms with E-state index >= 15 is 0 Å². The van der Waals surface area contributed by atoms with Crippen molar-refractivity contribution in [1.82, 2.24) is 15.1 Å². The summed E-state index contributed by atoms with van der Waals surface area (Å²) in [4.78, 5) is 14.4. The summed E-state index contributed by atoms with van der Waals surface area (Å²) in [6.45, 7) is 2.49. The van der Waals surface area contributed by atoms with Crippen molar-refractivity contribution in [3.63, 3.8) is 0 Å². The third kappa shape index (κ3) is 2.92.